The van der Waals surface area contributed by atoms with Crippen molar-refractivity contribution in [2.45, 2.75) is 11.2 Å². The molecule has 0 aliphatic rings. The molecule has 1 atom stereocenters. The summed E-state index contributed by atoms with van der Waals surface area (Å²) in [6.45, 7) is 0. The van der Waals surface area contributed by atoms with E-state index < -0.39 is 4.92 Å². The third-order valence-corrected chi connectivity index (χ3v) is 2.90. The lowest BCUT2D eigenvalue weighted by Crippen LogP contribution is -2.04. The summed E-state index contributed by atoms with van der Waals surface area (Å²) in [4.78, 5) is 23.5. The van der Waals surface area contributed by atoms with E-state index in [9.17, 15) is 14.9 Å². The zero-order valence-electron chi connectivity index (χ0n) is 8.62. The van der Waals surface area contributed by atoms with Gasteiger partial charge >= 0.3 is 6.21 Å². The Kier molecular flexibility index (Phi) is 4.68. The lowest BCUT2D eigenvalue weighted by atomic mass is 10.1. The van der Waals surface area contributed by atoms with Gasteiger partial charge in [-0.2, -0.15) is 4.79 Å². The second-order valence-electron chi connectivity index (χ2n) is 3.23. The quantitative estimate of drug-likeness (QED) is 0.208. The van der Waals surface area contributed by atoms with Crippen LogP contribution in [0, 0.1) is 10.1 Å². The largest absolute Gasteiger partial charge is 0.361 e. The van der Waals surface area contributed by atoms with E-state index in [1.165, 1.54) is 12.1 Å². The van der Waals surface area contributed by atoms with Crippen molar-refractivity contribution >= 4 is 33.6 Å². The SMILES string of the molecule is [N-]=[N+]=CC(=O)CC(Br)c1ccc([N+](=O)[O-])cc1. The first-order valence-electron chi connectivity index (χ1n) is 4.63. The molecule has 1 aromatic carbocycles. The number of ketones is 1. The van der Waals surface area contributed by atoms with Gasteiger partial charge in [0.15, 0.2) is 0 Å². The molecule has 17 heavy (non-hydrogen) atoms. The number of carbonyl (C=O) groups excluding carboxylic acids is 1. The van der Waals surface area contributed by atoms with Crippen LogP contribution in [0.5, 0.6) is 0 Å². The first-order chi connectivity index (χ1) is 8.04. The van der Waals surface area contributed by atoms with Crippen LogP contribution >= 0.6 is 15.9 Å². The van der Waals surface area contributed by atoms with Crippen LogP contribution in [-0.4, -0.2) is 21.7 Å². The molecule has 1 rings (SSSR count). The number of nitro benzene ring substituents is 1. The van der Waals surface area contributed by atoms with Crippen molar-refractivity contribution in [1.29, 1.82) is 0 Å². The Bertz CT molecular complexity index is 480. The van der Waals surface area contributed by atoms with Crippen LogP contribution in [0.15, 0.2) is 24.3 Å². The molecule has 6 nitrogen and oxygen atoms in total. The van der Waals surface area contributed by atoms with Gasteiger partial charge in [0, 0.05) is 23.4 Å². The third-order valence-electron chi connectivity index (χ3n) is 2.05. The van der Waals surface area contributed by atoms with E-state index in [4.69, 9.17) is 5.53 Å². The molecule has 0 spiro atoms. The number of non-ortho nitro benzene ring substituents is 1. The smallest absolute Gasteiger partial charge is 0.323 e. The highest BCUT2D eigenvalue weighted by Crippen LogP contribution is 2.27. The lowest BCUT2D eigenvalue weighted by Gasteiger charge is -2.06. The average Bonchev–Trinajstić information content (AvgIpc) is 2.29. The standard InChI is InChI=1S/C10H8BrN3O3/c11-10(5-9(15)6-13-12)7-1-3-8(4-2-7)14(16)17/h1-4,6,10H,5H2. The monoisotopic (exact) mass is 297 g/mol. The molecular weight excluding hydrogens is 290 g/mol. The number of carbonyl (C=O) groups is 1. The van der Waals surface area contributed by atoms with Crippen LogP contribution in [0.2, 0.25) is 0 Å². The number of nitrogens with zero attached hydrogens (tertiary/aromatic N) is 3. The maximum atomic E-state index is 11.2. The maximum Gasteiger partial charge on any atom is 0.323 e. The van der Waals surface area contributed by atoms with E-state index in [-0.39, 0.29) is 22.7 Å². The normalized spacial score (nSPS) is 11.4. The van der Waals surface area contributed by atoms with E-state index in [1.807, 2.05) is 0 Å². The van der Waals surface area contributed by atoms with Gasteiger partial charge < -0.3 is 5.53 Å². The fraction of sp³-hybridized carbons (Fsp3) is 0.200. The van der Waals surface area contributed by atoms with E-state index in [2.05, 4.69) is 20.7 Å². The molecule has 1 unspecified atom stereocenters. The van der Waals surface area contributed by atoms with Gasteiger partial charge in [0.25, 0.3) is 5.69 Å². The van der Waals surface area contributed by atoms with Gasteiger partial charge in [-0.05, 0) is 5.56 Å². The van der Waals surface area contributed by atoms with Gasteiger partial charge in [-0.25, -0.2) is 0 Å². The predicted molar refractivity (Wildman–Crippen MR) is 64.1 cm³/mol. The summed E-state index contributed by atoms with van der Waals surface area (Å²) in [6, 6.07) is 5.88. The highest BCUT2D eigenvalue weighted by Gasteiger charge is 2.15. The Balaban J connectivity index is 2.76. The van der Waals surface area contributed by atoms with E-state index in [0.29, 0.717) is 0 Å². The molecular formula is C10H8BrN3O3. The van der Waals surface area contributed by atoms with Crippen LogP contribution in [0.4, 0.5) is 5.69 Å². The van der Waals surface area contributed by atoms with E-state index in [0.717, 1.165) is 11.8 Å². The van der Waals surface area contributed by atoms with Crippen molar-refractivity contribution in [2.75, 3.05) is 0 Å². The van der Waals surface area contributed by atoms with Crippen LogP contribution in [0.25, 0.3) is 5.53 Å². The van der Waals surface area contributed by atoms with Crippen molar-refractivity contribution in [2.24, 2.45) is 0 Å². The van der Waals surface area contributed by atoms with E-state index >= 15 is 0 Å². The Morgan fingerprint density at radius 1 is 1.53 bits per heavy atom. The summed E-state index contributed by atoms with van der Waals surface area (Å²) in [6.07, 6.45) is 0.932. The number of nitro groups is 1. The molecule has 1 aromatic rings. The molecule has 0 saturated heterocycles. The molecule has 0 saturated carbocycles. The van der Waals surface area contributed by atoms with Gasteiger partial charge in [-0.3, -0.25) is 14.9 Å². The van der Waals surface area contributed by atoms with Gasteiger partial charge in [-0.1, -0.05) is 28.1 Å². The average molecular weight is 298 g/mol. The second kappa shape index (κ2) is 6.03. The zero-order valence-corrected chi connectivity index (χ0v) is 10.2. The highest BCUT2D eigenvalue weighted by atomic mass is 79.9. The number of hydrogen-bond acceptors (Lipinski definition) is 3. The molecule has 0 amide bonds. The third kappa shape index (κ3) is 3.90. The van der Waals surface area contributed by atoms with Gasteiger partial charge in [0.1, 0.15) is 0 Å². The molecule has 0 aliphatic heterocycles. The summed E-state index contributed by atoms with van der Waals surface area (Å²) in [5.74, 6) is -0.340. The molecule has 0 aromatic heterocycles. The number of hydrogen-bond donors (Lipinski definition) is 0. The maximum absolute atomic E-state index is 11.2. The van der Waals surface area contributed by atoms with Crippen molar-refractivity contribution in [1.82, 2.24) is 0 Å². The molecule has 0 heterocycles. The summed E-state index contributed by atoms with van der Waals surface area (Å²) in [5, 5.41) is 10.4. The molecule has 0 radical (unpaired) electrons. The molecule has 0 N–H and O–H groups in total. The Morgan fingerprint density at radius 3 is 2.59 bits per heavy atom. The summed E-state index contributed by atoms with van der Waals surface area (Å²) in [7, 11) is 0. The number of rotatable bonds is 5. The van der Waals surface area contributed by atoms with Crippen molar-refractivity contribution < 1.29 is 14.5 Å². The van der Waals surface area contributed by atoms with Gasteiger partial charge in [-0.15, -0.1) is 0 Å². The molecule has 0 bridgehead atoms. The van der Waals surface area contributed by atoms with E-state index in [1.54, 1.807) is 12.1 Å². The summed E-state index contributed by atoms with van der Waals surface area (Å²) >= 11 is 3.28. The molecule has 0 fully saturated rings. The number of Topliss-reactive ketones (excluding diaryl/α,β-unsaturated/α-hetero) is 1. The van der Waals surface area contributed by atoms with Crippen LogP contribution in [-0.2, 0) is 4.79 Å². The Labute approximate surface area is 105 Å². The predicted octanol–water partition coefficient (Wildman–Crippen LogP) is 2.29. The topological polar surface area (TPSA) is 96.6 Å². The zero-order chi connectivity index (χ0) is 12.8. The second-order valence-corrected chi connectivity index (χ2v) is 4.34. The first kappa shape index (κ1) is 13.2. The first-order valence-corrected chi connectivity index (χ1v) is 5.55. The lowest BCUT2D eigenvalue weighted by molar-refractivity contribution is -0.384. The van der Waals surface area contributed by atoms with Crippen LogP contribution in [0.1, 0.15) is 16.8 Å². The highest BCUT2D eigenvalue weighted by molar-refractivity contribution is 9.09. The number of benzene rings is 1. The van der Waals surface area contributed by atoms with Crippen LogP contribution in [0.3, 0.4) is 0 Å². The Morgan fingerprint density at radius 2 is 2.12 bits per heavy atom. The Hall–Kier alpha value is -1.85. The number of alkyl halides is 1. The fourth-order valence-electron chi connectivity index (χ4n) is 1.22. The number of halogens is 1. The fourth-order valence-corrected chi connectivity index (χ4v) is 1.84. The minimum atomic E-state index is -0.489. The molecule has 0 aliphatic carbocycles. The van der Waals surface area contributed by atoms with Crippen molar-refractivity contribution in [3.63, 3.8) is 0 Å². The van der Waals surface area contributed by atoms with Gasteiger partial charge in [0.2, 0.25) is 5.78 Å². The van der Waals surface area contributed by atoms with Gasteiger partial charge in [0.05, 0.1) is 4.92 Å². The molecule has 88 valence electrons. The van der Waals surface area contributed by atoms with Crippen LogP contribution < -0.4 is 0 Å². The summed E-state index contributed by atoms with van der Waals surface area (Å²) in [5.41, 5.74) is 8.92. The molecule has 7 heteroatoms. The van der Waals surface area contributed by atoms with Crippen molar-refractivity contribution in [3.8, 4) is 0 Å². The minimum absolute atomic E-state index is 0.00306. The van der Waals surface area contributed by atoms with Crippen molar-refractivity contribution in [3.05, 3.63) is 45.5 Å². The summed E-state index contributed by atoms with van der Waals surface area (Å²) < 4.78 is 0. The minimum Gasteiger partial charge on any atom is -0.361 e.